The summed E-state index contributed by atoms with van der Waals surface area (Å²) < 4.78 is 82.8. The van der Waals surface area contributed by atoms with Crippen LogP contribution in [0.3, 0.4) is 0 Å². The Morgan fingerprint density at radius 3 is 2.23 bits per heavy atom. The molecule has 0 spiro atoms. The molecule has 5 nitrogen and oxygen atoms in total. The van der Waals surface area contributed by atoms with E-state index >= 15 is 0 Å². The molecule has 4 aromatic rings. The number of hydrogen-bond donors (Lipinski definition) is 1. The predicted molar refractivity (Wildman–Crippen MR) is 102 cm³/mol. The molecule has 3 aromatic carbocycles. The maximum Gasteiger partial charge on any atom is 0.263 e. The molecule has 4 rings (SSSR count). The Labute approximate surface area is 168 Å². The number of anilines is 1. The van der Waals surface area contributed by atoms with E-state index in [4.69, 9.17) is 0 Å². The zero-order valence-corrected chi connectivity index (χ0v) is 15.9. The molecule has 0 radical (unpaired) electrons. The van der Waals surface area contributed by atoms with E-state index in [1.165, 1.54) is 24.4 Å². The first-order valence-corrected chi connectivity index (χ1v) is 10.1. The summed E-state index contributed by atoms with van der Waals surface area (Å²) in [4.78, 5) is 0.0000374. The third kappa shape index (κ3) is 3.73. The van der Waals surface area contributed by atoms with Crippen LogP contribution in [0.1, 0.15) is 5.56 Å². The van der Waals surface area contributed by atoms with Crippen molar-refractivity contribution in [2.75, 3.05) is 4.72 Å². The average Bonchev–Trinajstić information content (AvgIpc) is 3.15. The Bertz CT molecular complexity index is 1340. The fraction of sp³-hybridized carbons (Fsp3) is 0.0500. The van der Waals surface area contributed by atoms with Crippen molar-refractivity contribution in [3.05, 3.63) is 89.6 Å². The van der Waals surface area contributed by atoms with Crippen LogP contribution in [0.5, 0.6) is 0 Å². The molecule has 1 aromatic heterocycles. The van der Waals surface area contributed by atoms with E-state index in [0.29, 0.717) is 0 Å². The van der Waals surface area contributed by atoms with Gasteiger partial charge in [-0.1, -0.05) is 30.3 Å². The van der Waals surface area contributed by atoms with Crippen LogP contribution in [0.2, 0.25) is 0 Å². The van der Waals surface area contributed by atoms with Crippen LogP contribution in [-0.4, -0.2) is 18.2 Å². The Morgan fingerprint density at radius 2 is 1.53 bits per heavy atom. The molecule has 1 heterocycles. The number of benzene rings is 3. The minimum atomic E-state index is -3.99. The van der Waals surface area contributed by atoms with Crippen molar-refractivity contribution in [3.63, 3.8) is 0 Å². The number of aromatic nitrogens is 2. The maximum atomic E-state index is 13.8. The van der Waals surface area contributed by atoms with Crippen molar-refractivity contribution in [2.45, 2.75) is 11.4 Å². The Morgan fingerprint density at radius 1 is 0.867 bits per heavy atom. The first-order valence-electron chi connectivity index (χ1n) is 8.61. The van der Waals surface area contributed by atoms with Crippen LogP contribution >= 0.6 is 0 Å². The summed E-state index contributed by atoms with van der Waals surface area (Å²) >= 11 is 0. The van der Waals surface area contributed by atoms with E-state index < -0.39 is 45.4 Å². The van der Waals surface area contributed by atoms with Crippen LogP contribution < -0.4 is 4.72 Å². The SMILES string of the molecule is O=S(=O)(Nc1ccn(Cc2c(F)c(F)cc(F)c2F)n1)c1ccc2ccccc2c1. The number of rotatable bonds is 5. The van der Waals surface area contributed by atoms with Crippen LogP contribution in [0.4, 0.5) is 23.4 Å². The van der Waals surface area contributed by atoms with Gasteiger partial charge in [-0.25, -0.2) is 26.0 Å². The number of hydrogen-bond acceptors (Lipinski definition) is 3. The van der Waals surface area contributed by atoms with Gasteiger partial charge < -0.3 is 0 Å². The van der Waals surface area contributed by atoms with E-state index in [-0.39, 0.29) is 16.8 Å². The van der Waals surface area contributed by atoms with Crippen molar-refractivity contribution < 1.29 is 26.0 Å². The largest absolute Gasteiger partial charge is 0.266 e. The van der Waals surface area contributed by atoms with Crippen molar-refractivity contribution in [3.8, 4) is 0 Å². The smallest absolute Gasteiger partial charge is 0.263 e. The van der Waals surface area contributed by atoms with Gasteiger partial charge in [0, 0.05) is 18.3 Å². The van der Waals surface area contributed by atoms with Crippen molar-refractivity contribution in [1.29, 1.82) is 0 Å². The third-order valence-corrected chi connectivity index (χ3v) is 5.79. The van der Waals surface area contributed by atoms with Gasteiger partial charge in [-0.2, -0.15) is 5.10 Å². The topological polar surface area (TPSA) is 64.0 Å². The van der Waals surface area contributed by atoms with Crippen molar-refractivity contribution in [1.82, 2.24) is 9.78 Å². The highest BCUT2D eigenvalue weighted by Gasteiger charge is 2.20. The molecule has 0 amide bonds. The van der Waals surface area contributed by atoms with Crippen LogP contribution in [0.25, 0.3) is 10.8 Å². The van der Waals surface area contributed by atoms with Crippen LogP contribution in [0, 0.1) is 23.3 Å². The molecule has 154 valence electrons. The molecule has 0 aliphatic rings. The van der Waals surface area contributed by atoms with Gasteiger partial charge >= 0.3 is 0 Å². The van der Waals surface area contributed by atoms with Gasteiger partial charge in [0.15, 0.2) is 29.1 Å². The van der Waals surface area contributed by atoms with Gasteiger partial charge in [0.1, 0.15) is 0 Å². The van der Waals surface area contributed by atoms with Gasteiger partial charge in [0.2, 0.25) is 0 Å². The van der Waals surface area contributed by atoms with E-state index in [2.05, 4.69) is 9.82 Å². The van der Waals surface area contributed by atoms with Gasteiger partial charge in [-0.15, -0.1) is 0 Å². The summed E-state index contributed by atoms with van der Waals surface area (Å²) in [6.45, 7) is -0.635. The monoisotopic (exact) mass is 435 g/mol. The second-order valence-electron chi connectivity index (χ2n) is 6.46. The predicted octanol–water partition coefficient (Wildman–Crippen LogP) is 4.44. The lowest BCUT2D eigenvalue weighted by molar-refractivity contribution is 0.431. The minimum absolute atomic E-state index is 0.0000374. The Balaban J connectivity index is 1.58. The lowest BCUT2D eigenvalue weighted by Gasteiger charge is -2.08. The van der Waals surface area contributed by atoms with Crippen molar-refractivity contribution >= 4 is 26.6 Å². The third-order valence-electron chi connectivity index (χ3n) is 4.43. The number of halogens is 4. The van der Waals surface area contributed by atoms with Gasteiger partial charge in [-0.05, 0) is 22.9 Å². The zero-order chi connectivity index (χ0) is 21.5. The maximum absolute atomic E-state index is 13.8. The number of nitrogens with zero attached hydrogens (tertiary/aromatic N) is 2. The quantitative estimate of drug-likeness (QED) is 0.372. The number of sulfonamides is 1. The summed E-state index contributed by atoms with van der Waals surface area (Å²) in [5, 5.41) is 5.46. The molecule has 0 saturated heterocycles. The van der Waals surface area contributed by atoms with E-state index in [0.717, 1.165) is 15.5 Å². The molecule has 0 bridgehead atoms. The summed E-state index contributed by atoms with van der Waals surface area (Å²) in [5.41, 5.74) is -0.862. The first kappa shape index (κ1) is 19.9. The molecule has 0 aliphatic carbocycles. The highest BCUT2D eigenvalue weighted by molar-refractivity contribution is 7.92. The average molecular weight is 435 g/mol. The fourth-order valence-corrected chi connectivity index (χ4v) is 3.99. The molecule has 0 fully saturated rings. The second-order valence-corrected chi connectivity index (χ2v) is 8.14. The molecular formula is C20H13F4N3O2S. The standard InChI is InChI=1S/C20H13F4N3O2S/c21-16-10-17(22)20(24)15(19(16)23)11-27-8-7-18(25-27)26-30(28,29)14-6-5-12-3-1-2-4-13(12)9-14/h1-10H,11H2,(H,25,26). The van der Waals surface area contributed by atoms with E-state index in [9.17, 15) is 26.0 Å². The number of nitrogens with one attached hydrogen (secondary N) is 1. The Kier molecular flexibility index (Phi) is 4.94. The first-order chi connectivity index (χ1) is 14.2. The molecular weight excluding hydrogens is 422 g/mol. The summed E-state index contributed by atoms with van der Waals surface area (Å²) in [7, 11) is -3.99. The van der Waals surface area contributed by atoms with Gasteiger partial charge in [0.05, 0.1) is 17.0 Å². The molecule has 0 aliphatic heterocycles. The van der Waals surface area contributed by atoms with Crippen LogP contribution in [-0.2, 0) is 16.6 Å². The second kappa shape index (κ2) is 7.45. The number of fused-ring (bicyclic) bond motifs is 1. The zero-order valence-electron chi connectivity index (χ0n) is 15.1. The molecule has 1 N–H and O–H groups in total. The molecule has 0 unspecified atom stereocenters. The van der Waals surface area contributed by atoms with Gasteiger partial charge in [0.25, 0.3) is 10.0 Å². The van der Waals surface area contributed by atoms with E-state index in [1.54, 1.807) is 18.2 Å². The fourth-order valence-electron chi connectivity index (χ4n) is 2.96. The summed E-state index contributed by atoms with van der Waals surface area (Å²) in [5.74, 6) is -6.27. The van der Waals surface area contributed by atoms with Gasteiger partial charge in [-0.3, -0.25) is 9.40 Å². The summed E-state index contributed by atoms with van der Waals surface area (Å²) in [6, 6.07) is 13.2. The molecule has 30 heavy (non-hydrogen) atoms. The molecule has 0 atom stereocenters. The normalized spacial score (nSPS) is 11.7. The lowest BCUT2D eigenvalue weighted by atomic mass is 10.1. The molecule has 0 saturated carbocycles. The van der Waals surface area contributed by atoms with E-state index in [1.807, 2.05) is 12.1 Å². The van der Waals surface area contributed by atoms with Crippen LogP contribution in [0.15, 0.2) is 65.7 Å². The molecule has 10 heteroatoms. The highest BCUT2D eigenvalue weighted by Crippen LogP contribution is 2.22. The van der Waals surface area contributed by atoms with Crippen molar-refractivity contribution in [2.24, 2.45) is 0 Å². The lowest BCUT2D eigenvalue weighted by Crippen LogP contribution is -2.14. The highest BCUT2D eigenvalue weighted by atomic mass is 32.2. The summed E-state index contributed by atoms with van der Waals surface area (Å²) in [6.07, 6.45) is 1.22. The minimum Gasteiger partial charge on any atom is -0.266 e. The Hall–Kier alpha value is -3.40.